The lowest BCUT2D eigenvalue weighted by Crippen LogP contribution is -2.38. The van der Waals surface area contributed by atoms with Crippen LogP contribution in [-0.2, 0) is 14.3 Å². The molecule has 2 amide bonds. The van der Waals surface area contributed by atoms with Gasteiger partial charge in [0.25, 0.3) is 0 Å². The van der Waals surface area contributed by atoms with Crippen molar-refractivity contribution in [2.75, 3.05) is 19.6 Å². The topological polar surface area (TPSA) is 105 Å². The maximum Gasteiger partial charge on any atom is 0.410 e. The third kappa shape index (κ3) is 6.64. The Hall–Kier alpha value is -1.99. The smallest absolute Gasteiger partial charge is 0.410 e. The van der Waals surface area contributed by atoms with E-state index in [1.54, 1.807) is 41.5 Å². The van der Waals surface area contributed by atoms with Crippen molar-refractivity contribution in [3.8, 4) is 0 Å². The van der Waals surface area contributed by atoms with E-state index in [9.17, 15) is 19.5 Å². The molecular weight excluding hydrogens is 316 g/mol. The monoisotopic (exact) mass is 344 g/mol. The summed E-state index contributed by atoms with van der Waals surface area (Å²) in [6, 6.07) is 0. The zero-order chi connectivity index (χ0) is 18.7. The van der Waals surface area contributed by atoms with E-state index in [-0.39, 0.29) is 19.6 Å². The lowest BCUT2D eigenvalue weighted by molar-refractivity contribution is -0.142. The van der Waals surface area contributed by atoms with Gasteiger partial charge in [0, 0.05) is 25.6 Å². The van der Waals surface area contributed by atoms with E-state index in [4.69, 9.17) is 9.47 Å². The number of likely N-dealkylation sites (tertiary alicyclic amines) is 1. The summed E-state index contributed by atoms with van der Waals surface area (Å²) in [5.74, 6) is -2.16. The van der Waals surface area contributed by atoms with E-state index in [0.29, 0.717) is 0 Å². The molecule has 1 saturated heterocycles. The normalized spacial score (nSPS) is 21.3. The number of carbonyl (C=O) groups is 3. The summed E-state index contributed by atoms with van der Waals surface area (Å²) >= 11 is 0. The van der Waals surface area contributed by atoms with Crippen molar-refractivity contribution in [2.45, 2.75) is 52.7 Å². The highest BCUT2D eigenvalue weighted by molar-refractivity contribution is 5.75. The second-order valence-corrected chi connectivity index (χ2v) is 7.97. The number of amides is 2. The Bertz CT molecular complexity index is 492. The van der Waals surface area contributed by atoms with E-state index in [1.165, 1.54) is 4.90 Å². The van der Waals surface area contributed by atoms with Gasteiger partial charge in [-0.05, 0) is 41.5 Å². The first kappa shape index (κ1) is 20.1. The molecule has 0 aromatic rings. The Kier molecular flexibility index (Phi) is 6.08. The molecule has 0 radical (unpaired) electrons. The van der Waals surface area contributed by atoms with E-state index >= 15 is 0 Å². The summed E-state index contributed by atoms with van der Waals surface area (Å²) in [7, 11) is 0. The highest BCUT2D eigenvalue weighted by Crippen LogP contribution is 2.25. The summed E-state index contributed by atoms with van der Waals surface area (Å²) < 4.78 is 10.4. The molecular formula is C16H28N2O6. The largest absolute Gasteiger partial charge is 0.481 e. The molecule has 0 saturated carbocycles. The number of ether oxygens (including phenoxy) is 2. The fraction of sp³-hybridized carbons (Fsp3) is 0.812. The van der Waals surface area contributed by atoms with E-state index < -0.39 is 41.2 Å². The van der Waals surface area contributed by atoms with Crippen LogP contribution in [0, 0.1) is 11.8 Å². The zero-order valence-corrected chi connectivity index (χ0v) is 15.2. The molecule has 2 N–H and O–H groups in total. The SMILES string of the molecule is CC(C)(C)OC(=O)NC[C@@H]1CN(C(=O)OC(C)(C)C)C[C@H]1C(=O)O. The highest BCUT2D eigenvalue weighted by atomic mass is 16.6. The van der Waals surface area contributed by atoms with E-state index in [1.807, 2.05) is 0 Å². The Balaban J connectivity index is 2.64. The second-order valence-electron chi connectivity index (χ2n) is 7.97. The predicted octanol–water partition coefficient (Wildman–Crippen LogP) is 2.08. The van der Waals surface area contributed by atoms with Crippen molar-refractivity contribution in [3.63, 3.8) is 0 Å². The van der Waals surface area contributed by atoms with Crippen LogP contribution in [0.5, 0.6) is 0 Å². The first-order valence-electron chi connectivity index (χ1n) is 7.96. The van der Waals surface area contributed by atoms with Crippen LogP contribution in [0.3, 0.4) is 0 Å². The number of aliphatic carboxylic acids is 1. The fourth-order valence-corrected chi connectivity index (χ4v) is 2.36. The molecule has 1 rings (SSSR count). The maximum absolute atomic E-state index is 12.1. The van der Waals surface area contributed by atoms with Gasteiger partial charge in [-0.1, -0.05) is 0 Å². The number of alkyl carbamates (subject to hydrolysis) is 1. The van der Waals surface area contributed by atoms with Gasteiger partial charge in [-0.2, -0.15) is 0 Å². The van der Waals surface area contributed by atoms with Crippen LogP contribution < -0.4 is 5.32 Å². The molecule has 0 bridgehead atoms. The summed E-state index contributed by atoms with van der Waals surface area (Å²) in [4.78, 5) is 36.6. The lowest BCUT2D eigenvalue weighted by Gasteiger charge is -2.24. The number of carboxylic acids is 1. The van der Waals surface area contributed by atoms with Gasteiger partial charge in [-0.25, -0.2) is 9.59 Å². The molecule has 2 atom stereocenters. The predicted molar refractivity (Wildman–Crippen MR) is 86.7 cm³/mol. The van der Waals surface area contributed by atoms with Crippen molar-refractivity contribution < 1.29 is 29.0 Å². The molecule has 138 valence electrons. The number of nitrogens with zero attached hydrogens (tertiary/aromatic N) is 1. The number of carboxylic acid groups (broad SMARTS) is 1. The number of hydrogen-bond acceptors (Lipinski definition) is 5. The van der Waals surface area contributed by atoms with Crippen LogP contribution in [0.25, 0.3) is 0 Å². The van der Waals surface area contributed by atoms with Crippen molar-refractivity contribution in [1.82, 2.24) is 10.2 Å². The number of rotatable bonds is 3. The summed E-state index contributed by atoms with van der Waals surface area (Å²) in [6.45, 7) is 10.9. The van der Waals surface area contributed by atoms with Gasteiger partial charge in [-0.15, -0.1) is 0 Å². The van der Waals surface area contributed by atoms with Gasteiger partial charge < -0.3 is 24.8 Å². The Morgan fingerprint density at radius 1 is 1.04 bits per heavy atom. The number of hydrogen-bond donors (Lipinski definition) is 2. The maximum atomic E-state index is 12.1. The van der Waals surface area contributed by atoms with Crippen LogP contribution >= 0.6 is 0 Å². The second kappa shape index (κ2) is 7.27. The third-order valence-corrected chi connectivity index (χ3v) is 3.32. The molecule has 24 heavy (non-hydrogen) atoms. The van der Waals surface area contributed by atoms with Crippen molar-refractivity contribution in [3.05, 3.63) is 0 Å². The van der Waals surface area contributed by atoms with Crippen LogP contribution in [0.4, 0.5) is 9.59 Å². The molecule has 1 aliphatic heterocycles. The zero-order valence-electron chi connectivity index (χ0n) is 15.2. The third-order valence-electron chi connectivity index (χ3n) is 3.32. The first-order chi connectivity index (χ1) is 10.8. The summed E-state index contributed by atoms with van der Waals surface area (Å²) in [6.07, 6.45) is -1.16. The average molecular weight is 344 g/mol. The van der Waals surface area contributed by atoms with Crippen molar-refractivity contribution in [2.24, 2.45) is 11.8 Å². The molecule has 1 fully saturated rings. The van der Waals surface area contributed by atoms with Gasteiger partial charge in [0.15, 0.2) is 0 Å². The van der Waals surface area contributed by atoms with Crippen LogP contribution in [0.2, 0.25) is 0 Å². The fourth-order valence-electron chi connectivity index (χ4n) is 2.36. The number of nitrogens with one attached hydrogen (secondary N) is 1. The first-order valence-corrected chi connectivity index (χ1v) is 7.96. The minimum absolute atomic E-state index is 0.0604. The quantitative estimate of drug-likeness (QED) is 0.812. The van der Waals surface area contributed by atoms with Gasteiger partial charge in [0.05, 0.1) is 5.92 Å². The summed E-state index contributed by atoms with van der Waals surface area (Å²) in [5.41, 5.74) is -1.28. The van der Waals surface area contributed by atoms with Crippen LogP contribution in [0.1, 0.15) is 41.5 Å². The molecule has 8 heteroatoms. The van der Waals surface area contributed by atoms with Gasteiger partial charge in [0.1, 0.15) is 11.2 Å². The van der Waals surface area contributed by atoms with E-state index in [0.717, 1.165) is 0 Å². The van der Waals surface area contributed by atoms with Crippen LogP contribution in [-0.4, -0.2) is 59.0 Å². The molecule has 1 aliphatic rings. The molecule has 0 unspecified atom stereocenters. The minimum Gasteiger partial charge on any atom is -0.481 e. The van der Waals surface area contributed by atoms with Gasteiger partial charge in [0.2, 0.25) is 0 Å². The summed E-state index contributed by atoms with van der Waals surface area (Å²) in [5, 5.41) is 11.9. The molecule has 1 heterocycles. The molecule has 0 aromatic carbocycles. The van der Waals surface area contributed by atoms with E-state index in [2.05, 4.69) is 5.32 Å². The lowest BCUT2D eigenvalue weighted by atomic mass is 9.96. The van der Waals surface area contributed by atoms with Gasteiger partial charge in [-0.3, -0.25) is 4.79 Å². The molecule has 0 aliphatic carbocycles. The standard InChI is InChI=1S/C16H28N2O6/c1-15(2,3)23-13(21)17-7-10-8-18(9-11(10)12(19)20)14(22)24-16(4,5)6/h10-11H,7-9H2,1-6H3,(H,17,21)(H,19,20)/t10-,11-/m1/s1. The minimum atomic E-state index is -1.00. The average Bonchev–Trinajstić information content (AvgIpc) is 2.76. The Labute approximate surface area is 142 Å². The molecule has 8 nitrogen and oxygen atoms in total. The van der Waals surface area contributed by atoms with Crippen LogP contribution in [0.15, 0.2) is 0 Å². The molecule has 0 spiro atoms. The Morgan fingerprint density at radius 3 is 2.04 bits per heavy atom. The number of carbonyl (C=O) groups excluding carboxylic acids is 2. The Morgan fingerprint density at radius 2 is 1.58 bits per heavy atom. The molecule has 0 aromatic heterocycles. The highest BCUT2D eigenvalue weighted by Gasteiger charge is 2.41. The van der Waals surface area contributed by atoms with Gasteiger partial charge >= 0.3 is 18.2 Å². The van der Waals surface area contributed by atoms with Crippen molar-refractivity contribution in [1.29, 1.82) is 0 Å². The van der Waals surface area contributed by atoms with Crippen molar-refractivity contribution >= 4 is 18.2 Å².